The monoisotopic (exact) mass is 194 g/mol. The molecule has 0 aliphatic rings. The Balaban J connectivity index is 2.68. The lowest BCUT2D eigenvalue weighted by atomic mass is 10.1. The van der Waals surface area contributed by atoms with Crippen LogP contribution >= 0.6 is 11.8 Å². The Labute approximate surface area is 83.5 Å². The Morgan fingerprint density at radius 3 is 2.54 bits per heavy atom. The normalized spacial score (nSPS) is 10.1. The van der Waals surface area contributed by atoms with Gasteiger partial charge in [0.05, 0.1) is 0 Å². The molecule has 13 heavy (non-hydrogen) atoms. The molecule has 0 bridgehead atoms. The van der Waals surface area contributed by atoms with Crippen molar-refractivity contribution in [1.82, 2.24) is 0 Å². The highest BCUT2D eigenvalue weighted by Crippen LogP contribution is 2.16. The number of hydrogen-bond acceptors (Lipinski definition) is 2. The van der Waals surface area contributed by atoms with Gasteiger partial charge in [0.25, 0.3) is 0 Å². The quantitative estimate of drug-likeness (QED) is 0.719. The minimum atomic E-state index is 0.179. The molecule has 0 spiro atoms. The van der Waals surface area contributed by atoms with Crippen LogP contribution in [0.4, 0.5) is 0 Å². The number of aryl methyl sites for hydroxylation is 2. The summed E-state index contributed by atoms with van der Waals surface area (Å²) in [5.74, 6) is 0.788. The molecule has 0 aliphatic carbocycles. The van der Waals surface area contributed by atoms with Gasteiger partial charge in [0, 0.05) is 12.7 Å². The zero-order chi connectivity index (χ0) is 9.84. The molecule has 0 heterocycles. The lowest BCUT2D eigenvalue weighted by Gasteiger charge is -2.03. The Morgan fingerprint density at radius 2 is 2.00 bits per heavy atom. The van der Waals surface area contributed by atoms with Crippen LogP contribution in [0, 0.1) is 13.8 Å². The molecule has 0 aromatic heterocycles. The molecule has 0 saturated carbocycles. The second kappa shape index (κ2) is 4.47. The van der Waals surface area contributed by atoms with Gasteiger partial charge in [-0.1, -0.05) is 30.0 Å². The van der Waals surface area contributed by atoms with Gasteiger partial charge in [0.1, 0.15) is 0 Å². The standard InChI is InChI=1S/C11H14OS/c1-8-4-5-11(6-9(8)2)7-13-10(3)12/h4-6H,7H2,1-3H3. The van der Waals surface area contributed by atoms with Crippen LogP contribution in [0.3, 0.4) is 0 Å². The second-order valence-electron chi connectivity index (χ2n) is 3.20. The molecule has 1 nitrogen and oxygen atoms in total. The third kappa shape index (κ3) is 3.23. The maximum Gasteiger partial charge on any atom is 0.186 e. The fourth-order valence-corrected chi connectivity index (χ4v) is 1.63. The first kappa shape index (κ1) is 10.3. The minimum absolute atomic E-state index is 0.179. The van der Waals surface area contributed by atoms with Crippen LogP contribution in [0.25, 0.3) is 0 Å². The lowest BCUT2D eigenvalue weighted by Crippen LogP contribution is -1.88. The molecule has 0 atom stereocenters. The van der Waals surface area contributed by atoms with Crippen LogP contribution in [0.1, 0.15) is 23.6 Å². The van der Waals surface area contributed by atoms with E-state index in [-0.39, 0.29) is 5.12 Å². The molecular weight excluding hydrogens is 180 g/mol. The van der Waals surface area contributed by atoms with E-state index in [0.29, 0.717) is 0 Å². The predicted molar refractivity (Wildman–Crippen MR) is 57.9 cm³/mol. The first-order chi connectivity index (χ1) is 6.09. The lowest BCUT2D eigenvalue weighted by molar-refractivity contribution is -0.109. The summed E-state index contributed by atoms with van der Waals surface area (Å²) in [4.78, 5) is 10.7. The van der Waals surface area contributed by atoms with Crippen LogP contribution < -0.4 is 0 Å². The third-order valence-corrected chi connectivity index (χ3v) is 2.90. The second-order valence-corrected chi connectivity index (χ2v) is 4.35. The van der Waals surface area contributed by atoms with E-state index in [4.69, 9.17) is 0 Å². The van der Waals surface area contributed by atoms with E-state index in [1.165, 1.54) is 28.5 Å². The molecule has 0 radical (unpaired) electrons. The summed E-state index contributed by atoms with van der Waals surface area (Å²) >= 11 is 1.36. The van der Waals surface area contributed by atoms with Crippen LogP contribution in [0.5, 0.6) is 0 Å². The van der Waals surface area contributed by atoms with Gasteiger partial charge in [-0.05, 0) is 30.5 Å². The maximum absolute atomic E-state index is 10.7. The number of benzene rings is 1. The SMILES string of the molecule is CC(=O)SCc1ccc(C)c(C)c1. The number of carbonyl (C=O) groups is 1. The highest BCUT2D eigenvalue weighted by molar-refractivity contribution is 8.12. The molecule has 1 aromatic rings. The van der Waals surface area contributed by atoms with Crippen molar-refractivity contribution in [2.45, 2.75) is 26.5 Å². The number of hydrogen-bond donors (Lipinski definition) is 0. The summed E-state index contributed by atoms with van der Waals surface area (Å²) in [7, 11) is 0. The van der Waals surface area contributed by atoms with Crippen LogP contribution in [-0.2, 0) is 10.5 Å². The molecule has 0 N–H and O–H groups in total. The van der Waals surface area contributed by atoms with E-state index in [9.17, 15) is 4.79 Å². The summed E-state index contributed by atoms with van der Waals surface area (Å²) in [6.45, 7) is 5.79. The van der Waals surface area contributed by atoms with E-state index >= 15 is 0 Å². The summed E-state index contributed by atoms with van der Waals surface area (Å²) in [5, 5.41) is 0.179. The molecule has 0 fully saturated rings. The van der Waals surface area contributed by atoms with Crippen LogP contribution in [0.15, 0.2) is 18.2 Å². The van der Waals surface area contributed by atoms with Gasteiger partial charge >= 0.3 is 0 Å². The maximum atomic E-state index is 10.7. The number of thioether (sulfide) groups is 1. The van der Waals surface area contributed by atoms with E-state index in [0.717, 1.165) is 5.75 Å². The topological polar surface area (TPSA) is 17.1 Å². The van der Waals surface area contributed by atoms with E-state index in [2.05, 4.69) is 32.0 Å². The molecule has 0 amide bonds. The predicted octanol–water partition coefficient (Wildman–Crippen LogP) is 3.08. The fraction of sp³-hybridized carbons (Fsp3) is 0.364. The van der Waals surface area contributed by atoms with Gasteiger partial charge in [-0.15, -0.1) is 0 Å². The Hall–Kier alpha value is -0.760. The summed E-state index contributed by atoms with van der Waals surface area (Å²) in [6, 6.07) is 6.33. The Kier molecular flexibility index (Phi) is 3.55. The van der Waals surface area contributed by atoms with Gasteiger partial charge in [0.15, 0.2) is 5.12 Å². The molecular formula is C11H14OS. The third-order valence-electron chi connectivity index (χ3n) is 2.01. The van der Waals surface area contributed by atoms with Crippen molar-refractivity contribution in [3.8, 4) is 0 Å². The van der Waals surface area contributed by atoms with Crippen molar-refractivity contribution in [3.05, 3.63) is 34.9 Å². The van der Waals surface area contributed by atoms with Gasteiger partial charge in [-0.2, -0.15) is 0 Å². The van der Waals surface area contributed by atoms with Crippen LogP contribution in [-0.4, -0.2) is 5.12 Å². The molecule has 1 aromatic carbocycles. The smallest absolute Gasteiger partial charge is 0.186 e. The molecule has 1 rings (SSSR count). The van der Waals surface area contributed by atoms with Crippen molar-refractivity contribution in [3.63, 3.8) is 0 Å². The Bertz CT molecular complexity index is 318. The average Bonchev–Trinajstić information content (AvgIpc) is 2.07. The zero-order valence-corrected chi connectivity index (χ0v) is 9.07. The van der Waals surface area contributed by atoms with Crippen LogP contribution in [0.2, 0.25) is 0 Å². The highest BCUT2D eigenvalue weighted by Gasteiger charge is 1.98. The van der Waals surface area contributed by atoms with Crippen molar-refractivity contribution in [1.29, 1.82) is 0 Å². The van der Waals surface area contributed by atoms with E-state index in [1.807, 2.05) is 0 Å². The van der Waals surface area contributed by atoms with Gasteiger partial charge in [-0.25, -0.2) is 0 Å². The zero-order valence-electron chi connectivity index (χ0n) is 8.26. The largest absolute Gasteiger partial charge is 0.288 e. The summed E-state index contributed by atoms with van der Waals surface area (Å²) < 4.78 is 0. The summed E-state index contributed by atoms with van der Waals surface area (Å²) in [5.41, 5.74) is 3.82. The fourth-order valence-electron chi connectivity index (χ4n) is 1.08. The van der Waals surface area contributed by atoms with E-state index < -0.39 is 0 Å². The molecule has 0 saturated heterocycles. The van der Waals surface area contributed by atoms with Crippen molar-refractivity contribution >= 4 is 16.9 Å². The molecule has 0 unspecified atom stereocenters. The first-order valence-electron chi connectivity index (χ1n) is 4.29. The van der Waals surface area contributed by atoms with E-state index in [1.54, 1.807) is 6.92 Å². The molecule has 2 heteroatoms. The van der Waals surface area contributed by atoms with Crippen molar-refractivity contribution < 1.29 is 4.79 Å². The van der Waals surface area contributed by atoms with Gasteiger partial charge in [0.2, 0.25) is 0 Å². The van der Waals surface area contributed by atoms with Crippen molar-refractivity contribution in [2.75, 3.05) is 0 Å². The highest BCUT2D eigenvalue weighted by atomic mass is 32.2. The number of carbonyl (C=O) groups excluding carboxylic acids is 1. The molecule has 0 aliphatic heterocycles. The minimum Gasteiger partial charge on any atom is -0.288 e. The first-order valence-corrected chi connectivity index (χ1v) is 5.27. The molecule has 70 valence electrons. The Morgan fingerprint density at radius 1 is 1.31 bits per heavy atom. The van der Waals surface area contributed by atoms with Gasteiger partial charge < -0.3 is 0 Å². The van der Waals surface area contributed by atoms with Gasteiger partial charge in [-0.3, -0.25) is 4.79 Å². The summed E-state index contributed by atoms with van der Waals surface area (Å²) in [6.07, 6.45) is 0. The average molecular weight is 194 g/mol. The number of rotatable bonds is 2. The van der Waals surface area contributed by atoms with Crippen molar-refractivity contribution in [2.24, 2.45) is 0 Å².